The molecule has 0 radical (unpaired) electrons. The molecular formula is C15H24N2O3. The highest BCUT2D eigenvalue weighted by molar-refractivity contribution is 6.00. The average molecular weight is 280 g/mol. The molecule has 0 unspecified atom stereocenters. The number of hydrogen-bond acceptors (Lipinski definition) is 4. The van der Waals surface area contributed by atoms with E-state index >= 15 is 0 Å². The molecule has 1 spiro atoms. The molecule has 0 aromatic rings. The van der Waals surface area contributed by atoms with Crippen molar-refractivity contribution in [1.82, 2.24) is 9.80 Å². The van der Waals surface area contributed by atoms with Gasteiger partial charge in [-0.05, 0) is 33.6 Å². The van der Waals surface area contributed by atoms with E-state index in [1.54, 1.807) is 4.90 Å². The summed E-state index contributed by atoms with van der Waals surface area (Å²) >= 11 is 0. The highest BCUT2D eigenvalue weighted by Crippen LogP contribution is 2.49. The van der Waals surface area contributed by atoms with Crippen molar-refractivity contribution >= 4 is 11.9 Å². The number of carbonyl (C=O) groups is 2. The van der Waals surface area contributed by atoms with Gasteiger partial charge in [0.05, 0.1) is 12.1 Å². The van der Waals surface area contributed by atoms with Crippen LogP contribution in [-0.4, -0.2) is 53.5 Å². The number of Topliss-reactive ketones (excluding diaryl/α,β-unsaturated/α-hetero) is 1. The van der Waals surface area contributed by atoms with Crippen LogP contribution in [-0.2, 0) is 9.53 Å². The van der Waals surface area contributed by atoms with Crippen LogP contribution in [0.25, 0.3) is 0 Å². The molecule has 20 heavy (non-hydrogen) atoms. The summed E-state index contributed by atoms with van der Waals surface area (Å²) in [4.78, 5) is 28.0. The summed E-state index contributed by atoms with van der Waals surface area (Å²) in [5.74, 6) is 0.0158. The van der Waals surface area contributed by atoms with Crippen molar-refractivity contribution in [3.05, 3.63) is 11.8 Å². The second kappa shape index (κ2) is 4.79. The molecule has 1 aliphatic carbocycles. The Kier molecular flexibility index (Phi) is 3.56. The molecule has 2 aliphatic rings. The maximum absolute atomic E-state index is 12.3. The van der Waals surface area contributed by atoms with E-state index in [1.807, 2.05) is 46.0 Å². The summed E-state index contributed by atoms with van der Waals surface area (Å²) in [6.45, 7) is 5.66. The minimum absolute atomic E-state index is 0.0158. The molecule has 5 heteroatoms. The summed E-state index contributed by atoms with van der Waals surface area (Å²) < 4.78 is 5.42. The average Bonchev–Trinajstić information content (AvgIpc) is 3.00. The van der Waals surface area contributed by atoms with Crippen LogP contribution in [0.1, 0.15) is 40.0 Å². The lowest BCUT2D eigenvalue weighted by Crippen LogP contribution is -2.51. The molecule has 1 heterocycles. The fourth-order valence-corrected chi connectivity index (χ4v) is 2.56. The van der Waals surface area contributed by atoms with E-state index in [2.05, 4.69) is 0 Å². The third kappa shape index (κ3) is 3.14. The number of ether oxygens (including phenoxy) is 1. The minimum Gasteiger partial charge on any atom is -0.444 e. The molecule has 0 N–H and O–H groups in total. The topological polar surface area (TPSA) is 49.9 Å². The quantitative estimate of drug-likeness (QED) is 0.691. The Hall–Kier alpha value is -1.52. The number of hydrogen-bond donors (Lipinski definition) is 0. The first-order valence-electron chi connectivity index (χ1n) is 7.04. The van der Waals surface area contributed by atoms with E-state index in [-0.39, 0.29) is 24.0 Å². The highest BCUT2D eigenvalue weighted by atomic mass is 16.6. The van der Waals surface area contributed by atoms with Crippen LogP contribution in [0.15, 0.2) is 11.8 Å². The van der Waals surface area contributed by atoms with Gasteiger partial charge in [0.25, 0.3) is 0 Å². The van der Waals surface area contributed by atoms with E-state index in [9.17, 15) is 9.59 Å². The van der Waals surface area contributed by atoms with Crippen molar-refractivity contribution in [3.63, 3.8) is 0 Å². The summed E-state index contributed by atoms with van der Waals surface area (Å²) in [6.07, 6.45) is 4.04. The molecular weight excluding hydrogens is 256 g/mol. The van der Waals surface area contributed by atoms with Gasteiger partial charge in [-0.15, -0.1) is 0 Å². The molecule has 0 aromatic heterocycles. The van der Waals surface area contributed by atoms with Gasteiger partial charge < -0.3 is 9.64 Å². The van der Waals surface area contributed by atoms with Gasteiger partial charge in [0.15, 0.2) is 5.78 Å². The van der Waals surface area contributed by atoms with Gasteiger partial charge in [-0.2, -0.15) is 0 Å². The number of amides is 1. The first kappa shape index (κ1) is 14.9. The monoisotopic (exact) mass is 280 g/mol. The number of ketones is 1. The lowest BCUT2D eigenvalue weighted by Gasteiger charge is -2.37. The zero-order valence-corrected chi connectivity index (χ0v) is 13.0. The predicted octanol–water partition coefficient (Wildman–Crippen LogP) is 2.17. The Balaban J connectivity index is 2.15. The Morgan fingerprint density at radius 2 is 1.95 bits per heavy atom. The van der Waals surface area contributed by atoms with Crippen molar-refractivity contribution in [2.45, 2.75) is 51.2 Å². The molecule has 1 amide bonds. The van der Waals surface area contributed by atoms with Crippen LogP contribution in [0.3, 0.4) is 0 Å². The second-order valence-electron chi connectivity index (χ2n) is 7.01. The Labute approximate surface area is 120 Å². The van der Waals surface area contributed by atoms with Crippen LogP contribution >= 0.6 is 0 Å². The Morgan fingerprint density at radius 3 is 2.40 bits per heavy atom. The van der Waals surface area contributed by atoms with E-state index in [0.717, 1.165) is 18.4 Å². The van der Waals surface area contributed by atoms with Crippen molar-refractivity contribution in [3.8, 4) is 0 Å². The zero-order chi connectivity index (χ0) is 15.1. The van der Waals surface area contributed by atoms with Gasteiger partial charge in [0.1, 0.15) is 5.60 Å². The van der Waals surface area contributed by atoms with Gasteiger partial charge in [0.2, 0.25) is 0 Å². The van der Waals surface area contributed by atoms with Crippen LogP contribution in [0.4, 0.5) is 4.79 Å². The van der Waals surface area contributed by atoms with Crippen LogP contribution in [0, 0.1) is 0 Å². The first-order chi connectivity index (χ1) is 9.13. The molecule has 1 aliphatic heterocycles. The van der Waals surface area contributed by atoms with Crippen molar-refractivity contribution in [2.75, 3.05) is 20.6 Å². The van der Waals surface area contributed by atoms with E-state index < -0.39 is 5.60 Å². The highest BCUT2D eigenvalue weighted by Gasteiger charge is 2.55. The maximum atomic E-state index is 12.3. The molecule has 0 atom stereocenters. The first-order valence-corrected chi connectivity index (χ1v) is 7.04. The van der Waals surface area contributed by atoms with Crippen molar-refractivity contribution in [2.24, 2.45) is 0 Å². The number of carbonyl (C=O) groups excluding carboxylic acids is 2. The molecule has 5 nitrogen and oxygen atoms in total. The van der Waals surface area contributed by atoms with Gasteiger partial charge in [0, 0.05) is 32.3 Å². The number of likely N-dealkylation sites (tertiary alicyclic amines) is 1. The largest absolute Gasteiger partial charge is 0.444 e. The van der Waals surface area contributed by atoms with E-state index in [1.165, 1.54) is 0 Å². The molecule has 2 rings (SSSR count). The molecule has 1 saturated heterocycles. The van der Waals surface area contributed by atoms with E-state index in [0.29, 0.717) is 6.42 Å². The third-order valence-electron chi connectivity index (χ3n) is 3.61. The molecule has 112 valence electrons. The minimum atomic E-state index is -0.532. The van der Waals surface area contributed by atoms with Gasteiger partial charge >= 0.3 is 6.09 Å². The lowest BCUT2D eigenvalue weighted by atomic mass is 9.94. The smallest absolute Gasteiger partial charge is 0.411 e. The second-order valence-corrected chi connectivity index (χ2v) is 7.01. The Morgan fingerprint density at radius 1 is 1.35 bits per heavy atom. The number of rotatable bonds is 1. The molecule has 0 bridgehead atoms. The summed E-state index contributed by atoms with van der Waals surface area (Å²) in [5, 5.41) is 0. The van der Waals surface area contributed by atoms with Crippen molar-refractivity contribution in [1.29, 1.82) is 0 Å². The molecule has 2 fully saturated rings. The standard InChI is InChI=1S/C15H24N2O3/c1-14(2,3)20-13(19)17-10-12(18)11(9-16(4)5)8-15(17)6-7-15/h9H,6-8,10H2,1-5H3/b11-9-. The Bertz CT molecular complexity index is 456. The maximum Gasteiger partial charge on any atom is 0.411 e. The molecule has 1 saturated carbocycles. The normalized spacial score (nSPS) is 23.1. The fraction of sp³-hybridized carbons (Fsp3) is 0.733. The number of piperidine rings is 1. The van der Waals surface area contributed by atoms with Gasteiger partial charge in [-0.25, -0.2) is 4.79 Å². The van der Waals surface area contributed by atoms with E-state index in [4.69, 9.17) is 4.74 Å². The van der Waals surface area contributed by atoms with Gasteiger partial charge in [-0.1, -0.05) is 0 Å². The summed E-state index contributed by atoms with van der Waals surface area (Å²) in [7, 11) is 3.81. The van der Waals surface area contributed by atoms with Crippen LogP contribution in [0.2, 0.25) is 0 Å². The zero-order valence-electron chi connectivity index (χ0n) is 13.0. The lowest BCUT2D eigenvalue weighted by molar-refractivity contribution is -0.119. The van der Waals surface area contributed by atoms with Crippen LogP contribution in [0.5, 0.6) is 0 Å². The summed E-state index contributed by atoms with van der Waals surface area (Å²) in [6, 6.07) is 0. The molecule has 0 aromatic carbocycles. The van der Waals surface area contributed by atoms with Crippen molar-refractivity contribution < 1.29 is 14.3 Å². The third-order valence-corrected chi connectivity index (χ3v) is 3.61. The SMILES string of the molecule is CN(C)/C=C1/CC2(CC2)N(C(=O)OC(C)(C)C)CC1=O. The summed E-state index contributed by atoms with van der Waals surface area (Å²) in [5.41, 5.74) is 0.0981. The van der Waals surface area contributed by atoms with Gasteiger partial charge in [-0.3, -0.25) is 9.69 Å². The number of nitrogens with zero attached hydrogens (tertiary/aromatic N) is 2. The fourth-order valence-electron chi connectivity index (χ4n) is 2.56. The van der Waals surface area contributed by atoms with Crippen LogP contribution < -0.4 is 0 Å². The predicted molar refractivity (Wildman–Crippen MR) is 76.3 cm³/mol.